The maximum absolute atomic E-state index is 8.73. The standard InChI is InChI=1S/C6H6N2O/c7-5-2-1-4(9)3-6(5)8/h1-3,7-9H. The molecular formula is C6H6N2O. The van der Waals surface area contributed by atoms with Crippen LogP contribution in [0.4, 0.5) is 0 Å². The van der Waals surface area contributed by atoms with Gasteiger partial charge < -0.3 is 5.11 Å². The SMILES string of the molecule is N=C1C=CC(O)=CC1=N. The van der Waals surface area contributed by atoms with E-state index < -0.39 is 0 Å². The van der Waals surface area contributed by atoms with Crippen molar-refractivity contribution >= 4 is 11.4 Å². The van der Waals surface area contributed by atoms with Gasteiger partial charge in [-0.1, -0.05) is 0 Å². The summed E-state index contributed by atoms with van der Waals surface area (Å²) >= 11 is 0. The fourth-order valence-corrected chi connectivity index (χ4v) is 0.532. The van der Waals surface area contributed by atoms with Gasteiger partial charge in [0.05, 0.1) is 11.4 Å². The van der Waals surface area contributed by atoms with Crippen molar-refractivity contribution in [2.24, 2.45) is 0 Å². The third kappa shape index (κ3) is 1.05. The van der Waals surface area contributed by atoms with Gasteiger partial charge in [0.15, 0.2) is 0 Å². The van der Waals surface area contributed by atoms with Crippen LogP contribution in [0.1, 0.15) is 0 Å². The molecule has 0 fully saturated rings. The fraction of sp³-hybridized carbons (Fsp3) is 0. The second-order valence-corrected chi connectivity index (χ2v) is 1.73. The average Bonchev–Trinajstić information content (AvgIpc) is 1.80. The average molecular weight is 122 g/mol. The van der Waals surface area contributed by atoms with Crippen molar-refractivity contribution in [1.29, 1.82) is 10.8 Å². The van der Waals surface area contributed by atoms with Crippen LogP contribution >= 0.6 is 0 Å². The van der Waals surface area contributed by atoms with Crippen LogP contribution in [0.15, 0.2) is 24.0 Å². The molecule has 1 aliphatic carbocycles. The highest BCUT2D eigenvalue weighted by Gasteiger charge is 2.03. The van der Waals surface area contributed by atoms with E-state index in [1.165, 1.54) is 18.2 Å². The molecule has 3 nitrogen and oxygen atoms in total. The zero-order valence-electron chi connectivity index (χ0n) is 4.68. The Morgan fingerprint density at radius 2 is 1.78 bits per heavy atom. The van der Waals surface area contributed by atoms with Gasteiger partial charge in [-0.25, -0.2) is 0 Å². The number of hydrogen-bond donors (Lipinski definition) is 3. The molecular weight excluding hydrogens is 116 g/mol. The molecule has 0 saturated heterocycles. The third-order valence-electron chi connectivity index (χ3n) is 1.00. The first-order chi connectivity index (χ1) is 4.20. The zero-order chi connectivity index (χ0) is 6.85. The van der Waals surface area contributed by atoms with Gasteiger partial charge in [0.2, 0.25) is 0 Å². The largest absolute Gasteiger partial charge is 0.508 e. The van der Waals surface area contributed by atoms with Gasteiger partial charge in [0.25, 0.3) is 0 Å². The van der Waals surface area contributed by atoms with E-state index in [-0.39, 0.29) is 17.2 Å². The lowest BCUT2D eigenvalue weighted by Crippen LogP contribution is -2.09. The molecule has 0 saturated carbocycles. The Morgan fingerprint density at radius 1 is 1.11 bits per heavy atom. The summed E-state index contributed by atoms with van der Waals surface area (Å²) in [6, 6.07) is 0. The Kier molecular flexibility index (Phi) is 1.18. The molecule has 0 aromatic rings. The quantitative estimate of drug-likeness (QED) is 0.413. The van der Waals surface area contributed by atoms with E-state index in [9.17, 15) is 0 Å². The topological polar surface area (TPSA) is 67.9 Å². The molecule has 1 aliphatic rings. The molecule has 0 aliphatic heterocycles. The van der Waals surface area contributed by atoms with E-state index in [0.29, 0.717) is 0 Å². The van der Waals surface area contributed by atoms with Gasteiger partial charge in [0, 0.05) is 6.08 Å². The molecule has 3 N–H and O–H groups in total. The summed E-state index contributed by atoms with van der Waals surface area (Å²) in [6.07, 6.45) is 4.01. The number of rotatable bonds is 0. The molecule has 0 bridgehead atoms. The van der Waals surface area contributed by atoms with Crippen molar-refractivity contribution in [2.75, 3.05) is 0 Å². The van der Waals surface area contributed by atoms with Crippen LogP contribution < -0.4 is 0 Å². The van der Waals surface area contributed by atoms with E-state index >= 15 is 0 Å². The monoisotopic (exact) mass is 122 g/mol. The molecule has 0 amide bonds. The Hall–Kier alpha value is -1.38. The van der Waals surface area contributed by atoms with Crippen molar-refractivity contribution in [1.82, 2.24) is 0 Å². The van der Waals surface area contributed by atoms with E-state index in [0.717, 1.165) is 0 Å². The Bertz CT molecular complexity index is 225. The highest BCUT2D eigenvalue weighted by molar-refractivity contribution is 6.48. The molecule has 0 unspecified atom stereocenters. The van der Waals surface area contributed by atoms with Gasteiger partial charge in [-0.2, -0.15) is 0 Å². The summed E-state index contributed by atoms with van der Waals surface area (Å²) in [7, 11) is 0. The van der Waals surface area contributed by atoms with Crippen molar-refractivity contribution in [3.05, 3.63) is 24.0 Å². The maximum atomic E-state index is 8.73. The van der Waals surface area contributed by atoms with E-state index in [1.54, 1.807) is 0 Å². The van der Waals surface area contributed by atoms with Crippen LogP contribution in [0.2, 0.25) is 0 Å². The van der Waals surface area contributed by atoms with Gasteiger partial charge in [-0.3, -0.25) is 10.8 Å². The van der Waals surface area contributed by atoms with Crippen molar-refractivity contribution < 1.29 is 5.11 Å². The first-order valence-corrected chi connectivity index (χ1v) is 2.46. The van der Waals surface area contributed by atoms with Crippen LogP contribution in [-0.2, 0) is 0 Å². The van der Waals surface area contributed by atoms with Crippen LogP contribution in [0.25, 0.3) is 0 Å². The van der Waals surface area contributed by atoms with E-state index in [1.807, 2.05) is 0 Å². The summed E-state index contributed by atoms with van der Waals surface area (Å²) in [4.78, 5) is 0. The summed E-state index contributed by atoms with van der Waals surface area (Å²) in [5.41, 5.74) is 0.183. The molecule has 0 atom stereocenters. The summed E-state index contributed by atoms with van der Waals surface area (Å²) in [5.74, 6) is 0.0380. The molecule has 1 rings (SSSR count). The van der Waals surface area contributed by atoms with Crippen LogP contribution in [-0.4, -0.2) is 16.5 Å². The molecule has 46 valence electrons. The number of hydrogen-bond acceptors (Lipinski definition) is 3. The van der Waals surface area contributed by atoms with Crippen molar-refractivity contribution in [3.8, 4) is 0 Å². The first kappa shape index (κ1) is 5.75. The van der Waals surface area contributed by atoms with Crippen molar-refractivity contribution in [2.45, 2.75) is 0 Å². The number of allylic oxidation sites excluding steroid dienone is 3. The van der Waals surface area contributed by atoms with Gasteiger partial charge in [-0.15, -0.1) is 0 Å². The summed E-state index contributed by atoms with van der Waals surface area (Å²) in [5, 5.41) is 22.8. The third-order valence-corrected chi connectivity index (χ3v) is 1.00. The minimum Gasteiger partial charge on any atom is -0.508 e. The normalized spacial score (nSPS) is 18.0. The van der Waals surface area contributed by atoms with Gasteiger partial charge in [-0.05, 0) is 12.2 Å². The zero-order valence-corrected chi connectivity index (χ0v) is 4.68. The molecule has 0 aromatic carbocycles. The Labute approximate surface area is 52.3 Å². The lowest BCUT2D eigenvalue weighted by atomic mass is 10.1. The second kappa shape index (κ2) is 1.85. The molecule has 0 radical (unpaired) electrons. The lowest BCUT2D eigenvalue weighted by Gasteiger charge is -2.00. The predicted molar refractivity (Wildman–Crippen MR) is 35.3 cm³/mol. The molecule has 0 spiro atoms. The highest BCUT2D eigenvalue weighted by Crippen LogP contribution is 1.99. The number of aliphatic hydroxyl groups is 1. The van der Waals surface area contributed by atoms with E-state index in [4.69, 9.17) is 15.9 Å². The smallest absolute Gasteiger partial charge is 0.117 e. The van der Waals surface area contributed by atoms with Crippen LogP contribution in [0.5, 0.6) is 0 Å². The molecule has 0 heterocycles. The fourth-order valence-electron chi connectivity index (χ4n) is 0.532. The Balaban J connectivity index is 2.95. The number of nitrogens with one attached hydrogen (secondary N) is 2. The summed E-state index contributed by atoms with van der Waals surface area (Å²) < 4.78 is 0. The Morgan fingerprint density at radius 3 is 2.22 bits per heavy atom. The lowest BCUT2D eigenvalue weighted by molar-refractivity contribution is 0.433. The maximum Gasteiger partial charge on any atom is 0.117 e. The summed E-state index contributed by atoms with van der Waals surface area (Å²) in [6.45, 7) is 0. The van der Waals surface area contributed by atoms with Gasteiger partial charge >= 0.3 is 0 Å². The van der Waals surface area contributed by atoms with Crippen molar-refractivity contribution in [3.63, 3.8) is 0 Å². The molecule has 9 heavy (non-hydrogen) atoms. The first-order valence-electron chi connectivity index (χ1n) is 2.46. The minimum atomic E-state index is 0.0380. The number of aliphatic hydroxyl groups excluding tert-OH is 1. The van der Waals surface area contributed by atoms with Crippen LogP contribution in [0, 0.1) is 10.8 Å². The second-order valence-electron chi connectivity index (χ2n) is 1.73. The molecule has 3 heteroatoms. The van der Waals surface area contributed by atoms with Crippen LogP contribution in [0.3, 0.4) is 0 Å². The highest BCUT2D eigenvalue weighted by atomic mass is 16.3. The molecule has 0 aromatic heterocycles. The van der Waals surface area contributed by atoms with Gasteiger partial charge in [0.1, 0.15) is 5.76 Å². The van der Waals surface area contributed by atoms with E-state index in [2.05, 4.69) is 0 Å². The predicted octanol–water partition coefficient (Wildman–Crippen LogP) is 1.04. The minimum absolute atomic E-state index is 0.0380.